The summed E-state index contributed by atoms with van der Waals surface area (Å²) in [6.45, 7) is 3.24. The van der Waals surface area contributed by atoms with Gasteiger partial charge in [-0.05, 0) is 44.0 Å². The fourth-order valence-electron chi connectivity index (χ4n) is 5.62. The molecule has 182 valence electrons. The molecule has 9 nitrogen and oxygen atoms in total. The normalized spacial score (nSPS) is 21.8. The number of carbonyl (C=O) groups excluding carboxylic acids is 2. The highest BCUT2D eigenvalue weighted by atomic mass is 16.5. The molecule has 4 aliphatic heterocycles. The van der Waals surface area contributed by atoms with Gasteiger partial charge in [-0.3, -0.25) is 9.59 Å². The molecule has 2 aromatic heterocycles. The van der Waals surface area contributed by atoms with E-state index in [1.807, 2.05) is 53.3 Å². The molecule has 0 bridgehead atoms. The van der Waals surface area contributed by atoms with Crippen LogP contribution in [0, 0.1) is 0 Å². The number of rotatable bonds is 3. The lowest BCUT2D eigenvalue weighted by Gasteiger charge is -2.31. The molecule has 36 heavy (non-hydrogen) atoms. The third kappa shape index (κ3) is 3.30. The highest BCUT2D eigenvalue weighted by Crippen LogP contribution is 2.45. The number of nitrogens with one attached hydrogen (secondary N) is 1. The molecule has 0 aliphatic carbocycles. The van der Waals surface area contributed by atoms with Crippen molar-refractivity contribution in [1.29, 1.82) is 0 Å². The number of benzene rings is 1. The average Bonchev–Trinajstić information content (AvgIpc) is 3.49. The van der Waals surface area contributed by atoms with E-state index in [0.29, 0.717) is 36.8 Å². The second-order valence-electron chi connectivity index (χ2n) is 9.69. The van der Waals surface area contributed by atoms with Crippen molar-refractivity contribution in [2.75, 3.05) is 28.3 Å². The molecule has 3 aromatic rings. The average molecular weight is 484 g/mol. The Labute approximate surface area is 208 Å². The van der Waals surface area contributed by atoms with Gasteiger partial charge in [0.2, 0.25) is 17.7 Å². The Hall–Kier alpha value is -4.14. The lowest BCUT2D eigenvalue weighted by molar-refractivity contribution is -0.118. The van der Waals surface area contributed by atoms with Crippen molar-refractivity contribution >= 4 is 34.7 Å². The van der Waals surface area contributed by atoms with E-state index in [1.165, 1.54) is 0 Å². The number of aromatic nitrogens is 2. The summed E-state index contributed by atoms with van der Waals surface area (Å²) in [5.74, 6) is 2.17. The standard InChI is InChI=1S/C27H25N5O4/c1-15-20-11-24(30-16-9-22-27(29-12-16)35-14-18-5-7-26(34)32(18)22)28-13-21(20)19-6-4-17(10-23(19)36-15)31-8-2-3-25(31)33/h4,6,9-13,15,18H,2-3,5,7-8,14H2,1H3,(H,28,30)/t15?,18-/m0/s1. The zero-order valence-electron chi connectivity index (χ0n) is 19.9. The van der Waals surface area contributed by atoms with Gasteiger partial charge < -0.3 is 24.6 Å². The zero-order valence-corrected chi connectivity index (χ0v) is 19.9. The molecule has 1 aromatic carbocycles. The van der Waals surface area contributed by atoms with E-state index < -0.39 is 0 Å². The maximum Gasteiger partial charge on any atom is 0.238 e. The molecule has 9 heteroatoms. The molecule has 2 fully saturated rings. The summed E-state index contributed by atoms with van der Waals surface area (Å²) in [4.78, 5) is 37.3. The van der Waals surface area contributed by atoms with E-state index in [0.717, 1.165) is 53.2 Å². The molecule has 6 heterocycles. The van der Waals surface area contributed by atoms with Crippen LogP contribution in [0.15, 0.2) is 42.7 Å². The molecule has 2 amide bonds. The Kier molecular flexibility index (Phi) is 4.67. The van der Waals surface area contributed by atoms with Crippen molar-refractivity contribution in [1.82, 2.24) is 9.97 Å². The molecular formula is C27H25N5O4. The summed E-state index contributed by atoms with van der Waals surface area (Å²) in [6.07, 6.45) is 6.18. The summed E-state index contributed by atoms with van der Waals surface area (Å²) in [5, 5.41) is 3.33. The highest BCUT2D eigenvalue weighted by Gasteiger charge is 2.38. The minimum atomic E-state index is -0.182. The third-order valence-corrected chi connectivity index (χ3v) is 7.42. The monoisotopic (exact) mass is 483 g/mol. The zero-order chi connectivity index (χ0) is 24.4. The number of hydrogen-bond donors (Lipinski definition) is 1. The summed E-state index contributed by atoms with van der Waals surface area (Å²) in [7, 11) is 0. The smallest absolute Gasteiger partial charge is 0.238 e. The first-order chi connectivity index (χ1) is 17.5. The van der Waals surface area contributed by atoms with Crippen LogP contribution in [0.1, 0.15) is 44.3 Å². The van der Waals surface area contributed by atoms with Gasteiger partial charge in [-0.25, -0.2) is 9.97 Å². The number of ether oxygens (including phenoxy) is 2. The Morgan fingerprint density at radius 2 is 1.94 bits per heavy atom. The van der Waals surface area contributed by atoms with E-state index in [2.05, 4.69) is 15.3 Å². The van der Waals surface area contributed by atoms with Crippen LogP contribution >= 0.6 is 0 Å². The van der Waals surface area contributed by atoms with E-state index in [1.54, 1.807) is 6.20 Å². The van der Waals surface area contributed by atoms with E-state index in [-0.39, 0.29) is 24.0 Å². The lowest BCUT2D eigenvalue weighted by Crippen LogP contribution is -2.40. The number of hydrogen-bond acceptors (Lipinski definition) is 7. The van der Waals surface area contributed by atoms with Crippen molar-refractivity contribution in [3.05, 3.63) is 48.3 Å². The Balaban J connectivity index is 1.18. The van der Waals surface area contributed by atoms with Crippen LogP contribution in [0.2, 0.25) is 0 Å². The van der Waals surface area contributed by atoms with Gasteiger partial charge in [-0.1, -0.05) is 0 Å². The fourth-order valence-corrected chi connectivity index (χ4v) is 5.62. The number of anilines is 4. The first kappa shape index (κ1) is 21.2. The minimum Gasteiger partial charge on any atom is -0.485 e. The first-order valence-corrected chi connectivity index (χ1v) is 12.4. The van der Waals surface area contributed by atoms with Crippen LogP contribution in [-0.4, -0.2) is 41.0 Å². The van der Waals surface area contributed by atoms with Crippen LogP contribution in [0.4, 0.5) is 22.9 Å². The van der Waals surface area contributed by atoms with Crippen LogP contribution in [0.5, 0.6) is 11.6 Å². The number of nitrogens with zero attached hydrogens (tertiary/aromatic N) is 4. The Bertz CT molecular complexity index is 1420. The molecule has 7 rings (SSSR count). The van der Waals surface area contributed by atoms with Crippen molar-refractivity contribution in [3.63, 3.8) is 0 Å². The molecular weight excluding hydrogens is 458 g/mol. The van der Waals surface area contributed by atoms with E-state index in [9.17, 15) is 9.59 Å². The SMILES string of the molecule is CC1Oc2cc(N3CCCC3=O)ccc2-c2cnc(Nc3cnc4c(c3)N3C(=O)CC[C@H]3CO4)cc21. The second kappa shape index (κ2) is 7.94. The van der Waals surface area contributed by atoms with Gasteiger partial charge in [-0.2, -0.15) is 0 Å². The first-order valence-electron chi connectivity index (χ1n) is 12.4. The van der Waals surface area contributed by atoms with Gasteiger partial charge in [-0.15, -0.1) is 0 Å². The van der Waals surface area contributed by atoms with Gasteiger partial charge in [0.1, 0.15) is 30.0 Å². The largest absolute Gasteiger partial charge is 0.485 e. The molecule has 0 radical (unpaired) electrons. The van der Waals surface area contributed by atoms with Gasteiger partial charge in [0, 0.05) is 54.0 Å². The van der Waals surface area contributed by atoms with E-state index >= 15 is 0 Å². The molecule has 2 saturated heterocycles. The third-order valence-electron chi connectivity index (χ3n) is 7.42. The number of pyridine rings is 2. The van der Waals surface area contributed by atoms with Crippen LogP contribution < -0.4 is 24.6 Å². The Morgan fingerprint density at radius 1 is 1.03 bits per heavy atom. The number of carbonyl (C=O) groups is 2. The van der Waals surface area contributed by atoms with Crippen molar-refractivity contribution in [2.45, 2.75) is 44.8 Å². The molecule has 1 N–H and O–H groups in total. The highest BCUT2D eigenvalue weighted by molar-refractivity contribution is 5.98. The van der Waals surface area contributed by atoms with Crippen LogP contribution in [0.3, 0.4) is 0 Å². The summed E-state index contributed by atoms with van der Waals surface area (Å²) >= 11 is 0. The van der Waals surface area contributed by atoms with Gasteiger partial charge >= 0.3 is 0 Å². The molecule has 1 unspecified atom stereocenters. The van der Waals surface area contributed by atoms with Crippen LogP contribution in [0.25, 0.3) is 11.1 Å². The number of fused-ring (bicyclic) bond motifs is 6. The summed E-state index contributed by atoms with van der Waals surface area (Å²) in [5.41, 5.74) is 5.30. The van der Waals surface area contributed by atoms with Crippen LogP contribution in [-0.2, 0) is 9.59 Å². The fraction of sp³-hybridized carbons (Fsp3) is 0.333. The quantitative estimate of drug-likeness (QED) is 0.591. The lowest BCUT2D eigenvalue weighted by atomic mass is 9.94. The Morgan fingerprint density at radius 3 is 2.81 bits per heavy atom. The molecule has 0 saturated carbocycles. The summed E-state index contributed by atoms with van der Waals surface area (Å²) in [6, 6.07) is 9.90. The van der Waals surface area contributed by atoms with Gasteiger partial charge in [0.25, 0.3) is 0 Å². The topological polar surface area (TPSA) is 96.9 Å². The van der Waals surface area contributed by atoms with Crippen molar-refractivity contribution in [2.24, 2.45) is 0 Å². The second-order valence-corrected chi connectivity index (χ2v) is 9.69. The summed E-state index contributed by atoms with van der Waals surface area (Å²) < 4.78 is 12.0. The van der Waals surface area contributed by atoms with Gasteiger partial charge in [0.15, 0.2) is 0 Å². The van der Waals surface area contributed by atoms with Crippen molar-refractivity contribution < 1.29 is 19.1 Å². The molecule has 2 atom stereocenters. The predicted octanol–water partition coefficient (Wildman–Crippen LogP) is 4.36. The van der Waals surface area contributed by atoms with Gasteiger partial charge in [0.05, 0.1) is 17.9 Å². The number of amides is 2. The van der Waals surface area contributed by atoms with Crippen molar-refractivity contribution in [3.8, 4) is 22.8 Å². The molecule has 0 spiro atoms. The molecule has 4 aliphatic rings. The predicted molar refractivity (Wildman–Crippen MR) is 134 cm³/mol. The maximum atomic E-state index is 12.4. The van der Waals surface area contributed by atoms with E-state index in [4.69, 9.17) is 9.47 Å². The minimum absolute atomic E-state index is 0.0751. The maximum absolute atomic E-state index is 12.4.